The number of hydrogen-bond acceptors (Lipinski definition) is 4. The summed E-state index contributed by atoms with van der Waals surface area (Å²) in [6.45, 7) is 0.0362. The fourth-order valence-corrected chi connectivity index (χ4v) is 3.24. The smallest absolute Gasteiger partial charge is 0.408 e. The molecule has 0 bridgehead atoms. The van der Waals surface area contributed by atoms with Gasteiger partial charge in [0.2, 0.25) is 0 Å². The van der Waals surface area contributed by atoms with E-state index in [1.165, 1.54) is 12.1 Å². The highest BCUT2D eigenvalue weighted by Gasteiger charge is 2.46. The van der Waals surface area contributed by atoms with Crippen LogP contribution >= 0.6 is 15.9 Å². The summed E-state index contributed by atoms with van der Waals surface area (Å²) in [6.07, 6.45) is 3.24. The van der Waals surface area contributed by atoms with Gasteiger partial charge in [0, 0.05) is 16.5 Å². The van der Waals surface area contributed by atoms with Gasteiger partial charge in [-0.15, -0.1) is 0 Å². The Morgan fingerprint density at radius 3 is 2.83 bits per heavy atom. The van der Waals surface area contributed by atoms with E-state index in [0.29, 0.717) is 16.2 Å². The van der Waals surface area contributed by atoms with Crippen molar-refractivity contribution in [3.05, 3.63) is 51.6 Å². The molecule has 1 heterocycles. The molecule has 24 heavy (non-hydrogen) atoms. The van der Waals surface area contributed by atoms with Gasteiger partial charge < -0.3 is 14.6 Å². The predicted octanol–water partition coefficient (Wildman–Crippen LogP) is 4.37. The Morgan fingerprint density at radius 1 is 1.38 bits per heavy atom. The lowest BCUT2D eigenvalue weighted by atomic mass is 10.1. The topological polar surface area (TPSA) is 64.4 Å². The number of alkyl carbamates (subject to hydrolysis) is 1. The van der Waals surface area contributed by atoms with Gasteiger partial charge in [0.1, 0.15) is 5.82 Å². The van der Waals surface area contributed by atoms with Crippen molar-refractivity contribution in [2.45, 2.75) is 43.7 Å². The summed E-state index contributed by atoms with van der Waals surface area (Å²) < 4.78 is 24.6. The van der Waals surface area contributed by atoms with E-state index in [4.69, 9.17) is 9.26 Å². The third-order valence-electron chi connectivity index (χ3n) is 4.42. The lowest BCUT2D eigenvalue weighted by molar-refractivity contribution is 0.123. The Kier molecular flexibility index (Phi) is 3.83. The van der Waals surface area contributed by atoms with Crippen molar-refractivity contribution in [2.75, 3.05) is 0 Å². The van der Waals surface area contributed by atoms with Crippen molar-refractivity contribution >= 4 is 22.0 Å². The van der Waals surface area contributed by atoms with Gasteiger partial charge in [-0.05, 0) is 49.4 Å². The van der Waals surface area contributed by atoms with E-state index in [9.17, 15) is 9.18 Å². The lowest BCUT2D eigenvalue weighted by Crippen LogP contribution is -2.35. The number of nitrogens with one attached hydrogen (secondary N) is 1. The largest absolute Gasteiger partial charge is 0.441 e. The molecule has 0 radical (unpaired) electrons. The molecule has 0 atom stereocenters. The number of benzene rings is 1. The van der Waals surface area contributed by atoms with Crippen molar-refractivity contribution in [1.82, 2.24) is 10.5 Å². The minimum Gasteiger partial charge on any atom is -0.441 e. The number of rotatable bonds is 5. The second-order valence-electron chi connectivity index (χ2n) is 6.43. The zero-order chi connectivity index (χ0) is 16.7. The first kappa shape index (κ1) is 15.6. The average Bonchev–Trinajstić information content (AvgIpc) is 3.45. The summed E-state index contributed by atoms with van der Waals surface area (Å²) in [5, 5.41) is 6.82. The SMILES string of the molecule is O=C(NC1(c2cc(F)cc(Br)c2)CC1)OCc1cc(C2CC2)no1. The van der Waals surface area contributed by atoms with Crippen LogP contribution in [0.25, 0.3) is 0 Å². The second kappa shape index (κ2) is 5.88. The van der Waals surface area contributed by atoms with Gasteiger partial charge in [-0.2, -0.15) is 0 Å². The molecule has 2 fully saturated rings. The highest BCUT2D eigenvalue weighted by Crippen LogP contribution is 2.46. The van der Waals surface area contributed by atoms with Crippen LogP contribution in [0.15, 0.2) is 33.3 Å². The van der Waals surface area contributed by atoms with Crippen LogP contribution in [0.3, 0.4) is 0 Å². The maximum atomic E-state index is 13.6. The molecule has 2 aromatic rings. The Hall–Kier alpha value is -1.89. The molecule has 2 aliphatic carbocycles. The van der Waals surface area contributed by atoms with Gasteiger partial charge in [-0.3, -0.25) is 0 Å². The normalized spacial score (nSPS) is 18.2. The maximum Gasteiger partial charge on any atom is 0.408 e. The number of amides is 1. The van der Waals surface area contributed by atoms with Crippen LogP contribution in [0.2, 0.25) is 0 Å². The first-order valence-corrected chi connectivity index (χ1v) is 8.70. The van der Waals surface area contributed by atoms with Gasteiger partial charge >= 0.3 is 6.09 Å². The minimum absolute atomic E-state index is 0.0362. The Balaban J connectivity index is 1.36. The van der Waals surface area contributed by atoms with Gasteiger partial charge in [0.05, 0.1) is 11.2 Å². The quantitative estimate of drug-likeness (QED) is 0.817. The van der Waals surface area contributed by atoms with Crippen LogP contribution in [-0.2, 0) is 16.9 Å². The number of nitrogens with zero attached hydrogens (tertiary/aromatic N) is 1. The van der Waals surface area contributed by atoms with E-state index in [1.54, 1.807) is 0 Å². The molecule has 0 aliphatic heterocycles. The second-order valence-corrected chi connectivity index (χ2v) is 7.35. The third-order valence-corrected chi connectivity index (χ3v) is 4.88. The van der Waals surface area contributed by atoms with Crippen molar-refractivity contribution in [3.63, 3.8) is 0 Å². The fraction of sp³-hybridized carbons (Fsp3) is 0.412. The lowest BCUT2D eigenvalue weighted by Gasteiger charge is -2.18. The molecule has 1 N–H and O–H groups in total. The Bertz CT molecular complexity index is 764. The molecule has 1 aromatic heterocycles. The molecule has 2 aliphatic rings. The number of hydrogen-bond donors (Lipinski definition) is 1. The zero-order valence-corrected chi connectivity index (χ0v) is 14.4. The molecule has 7 heteroatoms. The summed E-state index contributed by atoms with van der Waals surface area (Å²) >= 11 is 3.28. The molecule has 126 valence electrons. The molecule has 0 spiro atoms. The molecule has 0 unspecified atom stereocenters. The van der Waals surface area contributed by atoms with Gasteiger partial charge in [-0.25, -0.2) is 9.18 Å². The average molecular weight is 395 g/mol. The van der Waals surface area contributed by atoms with Crippen molar-refractivity contribution < 1.29 is 18.4 Å². The predicted molar refractivity (Wildman–Crippen MR) is 86.8 cm³/mol. The van der Waals surface area contributed by atoms with E-state index < -0.39 is 11.6 Å². The molecular formula is C17H16BrFN2O3. The summed E-state index contributed by atoms with van der Waals surface area (Å²) in [7, 11) is 0. The van der Waals surface area contributed by atoms with Crippen LogP contribution in [-0.4, -0.2) is 11.2 Å². The van der Waals surface area contributed by atoms with Crippen LogP contribution in [0.4, 0.5) is 9.18 Å². The van der Waals surface area contributed by atoms with Crippen LogP contribution in [0.5, 0.6) is 0 Å². The summed E-state index contributed by atoms with van der Waals surface area (Å²) in [5.74, 6) is 0.693. The molecule has 4 rings (SSSR count). The van der Waals surface area contributed by atoms with Crippen molar-refractivity contribution in [1.29, 1.82) is 0 Å². The Labute approximate surface area is 146 Å². The van der Waals surface area contributed by atoms with Gasteiger partial charge in [-0.1, -0.05) is 21.1 Å². The van der Waals surface area contributed by atoms with E-state index in [-0.39, 0.29) is 12.4 Å². The van der Waals surface area contributed by atoms with Gasteiger partial charge in [0.25, 0.3) is 0 Å². The van der Waals surface area contributed by atoms with Crippen LogP contribution in [0.1, 0.15) is 48.6 Å². The van der Waals surface area contributed by atoms with E-state index in [1.807, 2.05) is 12.1 Å². The first-order chi connectivity index (χ1) is 11.5. The highest BCUT2D eigenvalue weighted by atomic mass is 79.9. The van der Waals surface area contributed by atoms with E-state index >= 15 is 0 Å². The highest BCUT2D eigenvalue weighted by molar-refractivity contribution is 9.10. The monoisotopic (exact) mass is 394 g/mol. The molecular weight excluding hydrogens is 379 g/mol. The van der Waals surface area contributed by atoms with E-state index in [0.717, 1.165) is 36.9 Å². The Morgan fingerprint density at radius 2 is 2.17 bits per heavy atom. The standard InChI is InChI=1S/C17H16BrFN2O3/c18-12-5-11(6-13(19)7-12)17(3-4-17)20-16(22)23-9-14-8-15(21-24-14)10-1-2-10/h5-8,10H,1-4,9H2,(H,20,22). The summed E-state index contributed by atoms with van der Waals surface area (Å²) in [4.78, 5) is 12.1. The summed E-state index contributed by atoms with van der Waals surface area (Å²) in [6, 6.07) is 6.48. The molecule has 5 nitrogen and oxygen atoms in total. The summed E-state index contributed by atoms with van der Waals surface area (Å²) in [5.41, 5.74) is 1.13. The number of carbonyl (C=O) groups is 1. The first-order valence-electron chi connectivity index (χ1n) is 7.91. The zero-order valence-electron chi connectivity index (χ0n) is 12.9. The van der Waals surface area contributed by atoms with E-state index in [2.05, 4.69) is 26.4 Å². The number of halogens is 2. The number of aromatic nitrogens is 1. The van der Waals surface area contributed by atoms with Crippen molar-refractivity contribution in [2.24, 2.45) is 0 Å². The van der Waals surface area contributed by atoms with Crippen molar-refractivity contribution in [3.8, 4) is 0 Å². The number of carbonyl (C=O) groups excluding carboxylic acids is 1. The molecule has 0 saturated heterocycles. The van der Waals surface area contributed by atoms with Crippen LogP contribution in [0, 0.1) is 5.82 Å². The minimum atomic E-state index is -0.544. The maximum absolute atomic E-state index is 13.6. The molecule has 2 saturated carbocycles. The van der Waals surface area contributed by atoms with Crippen LogP contribution < -0.4 is 5.32 Å². The third kappa shape index (κ3) is 3.31. The number of ether oxygens (including phenoxy) is 1. The van der Waals surface area contributed by atoms with Gasteiger partial charge in [0.15, 0.2) is 12.4 Å². The fourth-order valence-electron chi connectivity index (χ4n) is 2.78. The molecule has 1 amide bonds. The molecule has 1 aromatic carbocycles.